The molecule has 0 atom stereocenters. The molecule has 1 heteroatoms. The van der Waals surface area contributed by atoms with E-state index in [1.807, 2.05) is 43.5 Å². The van der Waals surface area contributed by atoms with Gasteiger partial charge in [0.05, 0.1) is 0 Å². The summed E-state index contributed by atoms with van der Waals surface area (Å²) in [5.41, 5.74) is 1.17. The van der Waals surface area contributed by atoms with E-state index >= 15 is 0 Å². The molecule has 0 heterocycles. The second kappa shape index (κ2) is 8.02. The fraction of sp³-hybridized carbons (Fsp3) is 0.273. The summed E-state index contributed by atoms with van der Waals surface area (Å²) in [6, 6.07) is 10.0. The zero-order valence-corrected chi connectivity index (χ0v) is 7.88. The molecule has 0 aromatic heterocycles. The van der Waals surface area contributed by atoms with Gasteiger partial charge in [0.2, 0.25) is 0 Å². The van der Waals surface area contributed by atoms with Crippen molar-refractivity contribution < 1.29 is 0 Å². The van der Waals surface area contributed by atoms with Crippen molar-refractivity contribution in [2.75, 3.05) is 13.6 Å². The van der Waals surface area contributed by atoms with Crippen LogP contribution >= 0.6 is 0 Å². The standard InChI is InChI=1S/C8H8.C3H9N/c1-2-8-6-4-3-5-7-8;1-3-4-2/h2-7H,1H2;4H,3H2,1-2H3. The first kappa shape index (κ1) is 10.9. The van der Waals surface area contributed by atoms with Crippen LogP contribution in [-0.2, 0) is 0 Å². The van der Waals surface area contributed by atoms with Crippen molar-refractivity contribution >= 4 is 6.08 Å². The Morgan fingerprint density at radius 3 is 2.08 bits per heavy atom. The Balaban J connectivity index is 0.000000261. The van der Waals surface area contributed by atoms with E-state index in [0.717, 1.165) is 6.54 Å². The van der Waals surface area contributed by atoms with Crippen molar-refractivity contribution in [1.29, 1.82) is 0 Å². The molecule has 0 aliphatic heterocycles. The highest BCUT2D eigenvalue weighted by Crippen LogP contribution is 1.97. The first-order valence-corrected chi connectivity index (χ1v) is 4.17. The highest BCUT2D eigenvalue weighted by molar-refractivity contribution is 5.45. The maximum absolute atomic E-state index is 3.63. The Morgan fingerprint density at radius 1 is 1.33 bits per heavy atom. The Kier molecular flexibility index (Phi) is 7.30. The Labute approximate surface area is 75.1 Å². The van der Waals surface area contributed by atoms with E-state index in [1.54, 1.807) is 0 Å². The van der Waals surface area contributed by atoms with E-state index in [1.165, 1.54) is 5.56 Å². The van der Waals surface area contributed by atoms with Gasteiger partial charge in [-0.05, 0) is 19.2 Å². The molecule has 0 fully saturated rings. The van der Waals surface area contributed by atoms with Crippen LogP contribution in [0.4, 0.5) is 0 Å². The molecule has 1 nitrogen and oxygen atoms in total. The largest absolute Gasteiger partial charge is 0.320 e. The van der Waals surface area contributed by atoms with Gasteiger partial charge in [0, 0.05) is 0 Å². The molecule has 0 saturated carbocycles. The van der Waals surface area contributed by atoms with Crippen LogP contribution in [0.25, 0.3) is 6.08 Å². The molecular formula is C11H17N. The fourth-order valence-electron chi connectivity index (χ4n) is 0.589. The molecule has 0 aliphatic rings. The van der Waals surface area contributed by atoms with E-state index in [9.17, 15) is 0 Å². The molecule has 1 rings (SSSR count). The average molecular weight is 163 g/mol. The van der Waals surface area contributed by atoms with Crippen molar-refractivity contribution in [1.82, 2.24) is 5.32 Å². The van der Waals surface area contributed by atoms with Crippen LogP contribution < -0.4 is 5.32 Å². The van der Waals surface area contributed by atoms with Gasteiger partial charge < -0.3 is 5.32 Å². The van der Waals surface area contributed by atoms with Crippen LogP contribution in [0.3, 0.4) is 0 Å². The lowest BCUT2D eigenvalue weighted by Gasteiger charge is -1.85. The monoisotopic (exact) mass is 163 g/mol. The summed E-state index contributed by atoms with van der Waals surface area (Å²) in [4.78, 5) is 0. The lowest BCUT2D eigenvalue weighted by Crippen LogP contribution is -2.01. The van der Waals surface area contributed by atoms with Gasteiger partial charge in [0.1, 0.15) is 0 Å². The minimum atomic E-state index is 1.07. The zero-order chi connectivity index (χ0) is 9.23. The van der Waals surface area contributed by atoms with Gasteiger partial charge in [0.15, 0.2) is 0 Å². The molecule has 0 radical (unpaired) electrons. The number of hydrogen-bond acceptors (Lipinski definition) is 1. The van der Waals surface area contributed by atoms with Gasteiger partial charge in [-0.2, -0.15) is 0 Å². The molecule has 66 valence electrons. The average Bonchev–Trinajstić information content (AvgIpc) is 2.19. The predicted octanol–water partition coefficient (Wildman–Crippen LogP) is 2.56. The summed E-state index contributed by atoms with van der Waals surface area (Å²) in [5, 5.41) is 2.93. The van der Waals surface area contributed by atoms with Crippen LogP contribution in [0.1, 0.15) is 12.5 Å². The molecule has 0 unspecified atom stereocenters. The quantitative estimate of drug-likeness (QED) is 0.706. The van der Waals surface area contributed by atoms with Crippen LogP contribution in [0, 0.1) is 0 Å². The molecular weight excluding hydrogens is 146 g/mol. The highest BCUT2D eigenvalue weighted by atomic mass is 14.8. The summed E-state index contributed by atoms with van der Waals surface area (Å²) in [5.74, 6) is 0. The van der Waals surface area contributed by atoms with Crippen molar-refractivity contribution in [2.24, 2.45) is 0 Å². The number of nitrogens with one attached hydrogen (secondary N) is 1. The lowest BCUT2D eigenvalue weighted by atomic mass is 10.2. The molecule has 0 spiro atoms. The van der Waals surface area contributed by atoms with E-state index in [2.05, 4.69) is 18.8 Å². The molecule has 0 saturated heterocycles. The van der Waals surface area contributed by atoms with E-state index in [0.29, 0.717) is 0 Å². The molecule has 0 bridgehead atoms. The van der Waals surface area contributed by atoms with Crippen LogP contribution in [-0.4, -0.2) is 13.6 Å². The number of benzene rings is 1. The van der Waals surface area contributed by atoms with E-state index in [-0.39, 0.29) is 0 Å². The summed E-state index contributed by atoms with van der Waals surface area (Å²) >= 11 is 0. The summed E-state index contributed by atoms with van der Waals surface area (Å²) in [6.07, 6.45) is 1.83. The molecule has 1 aromatic carbocycles. The SMILES string of the molecule is C=Cc1ccccc1.CCNC. The van der Waals surface area contributed by atoms with Crippen LogP contribution in [0.15, 0.2) is 36.9 Å². The maximum atomic E-state index is 3.63. The van der Waals surface area contributed by atoms with Crippen LogP contribution in [0.2, 0.25) is 0 Å². The smallest absolute Gasteiger partial charge is 0.00804 e. The van der Waals surface area contributed by atoms with Gasteiger partial charge in [0.25, 0.3) is 0 Å². The molecule has 0 amide bonds. The normalized spacial score (nSPS) is 8.17. The third-order valence-corrected chi connectivity index (χ3v) is 1.39. The van der Waals surface area contributed by atoms with Gasteiger partial charge in [-0.25, -0.2) is 0 Å². The second-order valence-electron chi connectivity index (χ2n) is 2.32. The highest BCUT2D eigenvalue weighted by Gasteiger charge is 1.75. The van der Waals surface area contributed by atoms with Crippen molar-refractivity contribution in [3.63, 3.8) is 0 Å². The third-order valence-electron chi connectivity index (χ3n) is 1.39. The van der Waals surface area contributed by atoms with E-state index < -0.39 is 0 Å². The molecule has 12 heavy (non-hydrogen) atoms. The Morgan fingerprint density at radius 2 is 1.83 bits per heavy atom. The van der Waals surface area contributed by atoms with Gasteiger partial charge >= 0.3 is 0 Å². The van der Waals surface area contributed by atoms with Crippen molar-refractivity contribution in [3.05, 3.63) is 42.5 Å². The minimum Gasteiger partial charge on any atom is -0.320 e. The summed E-state index contributed by atoms with van der Waals surface area (Å²) < 4.78 is 0. The minimum absolute atomic E-state index is 1.07. The van der Waals surface area contributed by atoms with E-state index in [4.69, 9.17) is 0 Å². The van der Waals surface area contributed by atoms with Crippen molar-refractivity contribution in [2.45, 2.75) is 6.92 Å². The second-order valence-corrected chi connectivity index (χ2v) is 2.32. The third kappa shape index (κ3) is 5.69. The topological polar surface area (TPSA) is 12.0 Å². The summed E-state index contributed by atoms with van der Waals surface area (Å²) in [6.45, 7) is 6.77. The van der Waals surface area contributed by atoms with Gasteiger partial charge in [-0.1, -0.05) is 49.9 Å². The lowest BCUT2D eigenvalue weighted by molar-refractivity contribution is 0.864. The summed E-state index contributed by atoms with van der Waals surface area (Å²) in [7, 11) is 1.93. The molecule has 0 aliphatic carbocycles. The Bertz CT molecular complexity index is 189. The maximum Gasteiger partial charge on any atom is -0.00804 e. The fourth-order valence-corrected chi connectivity index (χ4v) is 0.589. The van der Waals surface area contributed by atoms with Gasteiger partial charge in [-0.3, -0.25) is 0 Å². The first-order chi connectivity index (χ1) is 5.85. The first-order valence-electron chi connectivity index (χ1n) is 4.17. The number of hydrogen-bond donors (Lipinski definition) is 1. The Hall–Kier alpha value is -1.08. The van der Waals surface area contributed by atoms with Crippen molar-refractivity contribution in [3.8, 4) is 0 Å². The van der Waals surface area contributed by atoms with Crippen LogP contribution in [0.5, 0.6) is 0 Å². The molecule has 1 N–H and O–H groups in total. The molecule has 1 aromatic rings. The van der Waals surface area contributed by atoms with Gasteiger partial charge in [-0.15, -0.1) is 0 Å². The zero-order valence-electron chi connectivity index (χ0n) is 7.88. The predicted molar refractivity (Wildman–Crippen MR) is 56.1 cm³/mol. The number of rotatable bonds is 2.